The molecule has 0 radical (unpaired) electrons. The lowest BCUT2D eigenvalue weighted by Crippen LogP contribution is -2.26. The van der Waals surface area contributed by atoms with E-state index in [1.165, 1.54) is 14.0 Å². The van der Waals surface area contributed by atoms with Crippen LogP contribution < -0.4 is 0 Å². The van der Waals surface area contributed by atoms with E-state index in [0.717, 1.165) is 6.67 Å². The van der Waals surface area contributed by atoms with E-state index in [-0.39, 0.29) is 50.5 Å². The maximum Gasteiger partial charge on any atom is 0.302 e. The van der Waals surface area contributed by atoms with Gasteiger partial charge in [-0.15, -0.1) is 0 Å². The molecule has 0 amide bonds. The van der Waals surface area contributed by atoms with Gasteiger partial charge in [0.05, 0.1) is 7.11 Å². The number of carbonyl (C=O) groups is 1. The van der Waals surface area contributed by atoms with Gasteiger partial charge in [-0.1, -0.05) is 44.6 Å². The number of methoxy groups -OCH3 is 2. The summed E-state index contributed by atoms with van der Waals surface area (Å²) in [5, 5.41) is 0. The minimum absolute atomic E-state index is 0. The van der Waals surface area contributed by atoms with E-state index in [9.17, 15) is 4.79 Å². The van der Waals surface area contributed by atoms with Gasteiger partial charge >= 0.3 is 5.97 Å². The molecule has 0 unspecified atom stereocenters. The lowest BCUT2D eigenvalue weighted by molar-refractivity contribution is -0.137. The maximum absolute atomic E-state index is 9.59. The van der Waals surface area contributed by atoms with Gasteiger partial charge < -0.3 is 9.47 Å². The van der Waals surface area contributed by atoms with Crippen LogP contribution in [0.5, 0.6) is 0 Å². The Morgan fingerprint density at radius 3 is 0.905 bits per heavy atom. The summed E-state index contributed by atoms with van der Waals surface area (Å²) in [6.45, 7) is 2.39. The SMILES string of the molecule is C.C.C.C.C.C.CN(C)CN(C)C.COC.COC(C)=O. The summed E-state index contributed by atoms with van der Waals surface area (Å²) in [6.07, 6.45) is 0. The van der Waals surface area contributed by atoms with Crippen LogP contribution in [0.3, 0.4) is 0 Å². The van der Waals surface area contributed by atoms with Gasteiger partial charge in [-0.2, -0.15) is 0 Å². The zero-order chi connectivity index (χ0) is 12.9. The fourth-order valence-electron chi connectivity index (χ4n) is 0.566. The maximum atomic E-state index is 9.59. The van der Waals surface area contributed by atoms with Crippen molar-refractivity contribution in [3.63, 3.8) is 0 Å². The normalized spacial score (nSPS) is 6.19. The molecule has 0 heterocycles. The van der Waals surface area contributed by atoms with Crippen LogP contribution in [0.15, 0.2) is 0 Å². The highest BCUT2D eigenvalue weighted by atomic mass is 16.5. The van der Waals surface area contributed by atoms with Gasteiger partial charge in [-0.05, 0) is 28.2 Å². The first-order valence-electron chi connectivity index (χ1n) is 4.55. The van der Waals surface area contributed by atoms with Gasteiger partial charge in [0.25, 0.3) is 0 Å². The third-order valence-corrected chi connectivity index (χ3v) is 0.853. The molecule has 0 N–H and O–H groups in total. The molecule has 0 saturated heterocycles. The molecule has 21 heavy (non-hydrogen) atoms. The van der Waals surface area contributed by atoms with Crippen LogP contribution >= 0.6 is 0 Å². The average Bonchev–Trinajstić information content (AvgIpc) is 2.04. The molecule has 0 aromatic rings. The van der Waals surface area contributed by atoms with Crippen LogP contribution in [0, 0.1) is 0 Å². The summed E-state index contributed by atoms with van der Waals surface area (Å²) < 4.78 is 8.36. The van der Waals surface area contributed by atoms with Gasteiger partial charge in [0.1, 0.15) is 0 Å². The summed E-state index contributed by atoms with van der Waals surface area (Å²) in [5.74, 6) is -0.245. The molecule has 0 rings (SSSR count). The predicted molar refractivity (Wildman–Crippen MR) is 103 cm³/mol. The average molecular weight is 319 g/mol. The number of hydrogen-bond acceptors (Lipinski definition) is 5. The number of hydrogen-bond donors (Lipinski definition) is 0. The zero-order valence-electron chi connectivity index (χ0n) is 11.3. The summed E-state index contributed by atoms with van der Waals surface area (Å²) in [5.41, 5.74) is 0. The molecule has 0 aromatic carbocycles. The Morgan fingerprint density at radius 1 is 0.762 bits per heavy atom. The Morgan fingerprint density at radius 2 is 0.905 bits per heavy atom. The molecule has 5 nitrogen and oxygen atoms in total. The Hall–Kier alpha value is -0.650. The molecule has 0 fully saturated rings. The Labute approximate surface area is 138 Å². The lowest BCUT2D eigenvalue weighted by atomic mass is 10.8. The van der Waals surface area contributed by atoms with E-state index in [4.69, 9.17) is 0 Å². The largest absolute Gasteiger partial charge is 0.469 e. The second-order valence-corrected chi connectivity index (χ2v) is 3.40. The van der Waals surface area contributed by atoms with E-state index in [1.54, 1.807) is 14.2 Å². The van der Waals surface area contributed by atoms with Gasteiger partial charge in [0.15, 0.2) is 0 Å². The third kappa shape index (κ3) is 204. The predicted octanol–water partition coefficient (Wildman–Crippen LogP) is 4.33. The fraction of sp³-hybridized carbons (Fsp3) is 0.938. The number of esters is 1. The number of rotatable bonds is 2. The number of nitrogens with zero attached hydrogens (tertiary/aromatic N) is 2. The van der Waals surface area contributed by atoms with Crippen molar-refractivity contribution >= 4 is 5.97 Å². The Kier molecular flexibility index (Phi) is 142. The van der Waals surface area contributed by atoms with E-state index in [0.29, 0.717) is 0 Å². The molecule has 5 heteroatoms. The highest BCUT2D eigenvalue weighted by Gasteiger charge is 1.87. The minimum Gasteiger partial charge on any atom is -0.469 e. The molecule has 142 valence electrons. The quantitative estimate of drug-likeness (QED) is 0.560. The molecule has 0 aliphatic rings. The van der Waals surface area contributed by atoms with Crippen molar-refractivity contribution in [3.05, 3.63) is 0 Å². The van der Waals surface area contributed by atoms with E-state index >= 15 is 0 Å². The van der Waals surface area contributed by atoms with Crippen molar-refractivity contribution in [2.75, 3.05) is 56.2 Å². The first kappa shape index (κ1) is 59.1. The summed E-state index contributed by atoms with van der Waals surface area (Å²) in [7, 11) is 12.8. The smallest absolute Gasteiger partial charge is 0.302 e. The second kappa shape index (κ2) is 50.6. The molecule has 0 atom stereocenters. The van der Waals surface area contributed by atoms with Crippen LogP contribution in [0.25, 0.3) is 0 Å². The van der Waals surface area contributed by atoms with Crippen molar-refractivity contribution in [1.82, 2.24) is 9.80 Å². The van der Waals surface area contributed by atoms with Crippen molar-refractivity contribution in [1.29, 1.82) is 0 Å². The van der Waals surface area contributed by atoms with E-state index in [2.05, 4.69) is 47.5 Å². The second-order valence-electron chi connectivity index (χ2n) is 3.40. The summed E-state index contributed by atoms with van der Waals surface area (Å²) in [6, 6.07) is 0. The molecular formula is C16H50N2O3. The van der Waals surface area contributed by atoms with E-state index in [1.807, 2.05) is 0 Å². The highest BCUT2D eigenvalue weighted by Crippen LogP contribution is 1.74. The Balaban J connectivity index is -0.0000000135. The summed E-state index contributed by atoms with van der Waals surface area (Å²) >= 11 is 0. The Bertz CT molecular complexity index is 125. The fourth-order valence-corrected chi connectivity index (χ4v) is 0.566. The number of ether oxygens (including phenoxy) is 2. The lowest BCUT2D eigenvalue weighted by Gasteiger charge is -2.14. The summed E-state index contributed by atoms with van der Waals surface area (Å²) in [4.78, 5) is 13.8. The van der Waals surface area contributed by atoms with Crippen molar-refractivity contribution in [2.24, 2.45) is 0 Å². The van der Waals surface area contributed by atoms with Crippen molar-refractivity contribution in [2.45, 2.75) is 51.5 Å². The zero-order valence-corrected chi connectivity index (χ0v) is 11.3. The van der Waals surface area contributed by atoms with Crippen molar-refractivity contribution in [3.8, 4) is 0 Å². The molecule has 0 saturated carbocycles. The van der Waals surface area contributed by atoms with E-state index < -0.39 is 0 Å². The molecular weight excluding hydrogens is 268 g/mol. The van der Waals surface area contributed by atoms with Crippen LogP contribution in [0.2, 0.25) is 0 Å². The van der Waals surface area contributed by atoms with Crippen LogP contribution in [-0.4, -0.2) is 72.0 Å². The standard InChI is InChI=1S/C5H14N2.C3H6O2.C2H6O.6CH4/c1-6(2)5-7(3)4;1-3(4)5-2;1-3-2;;;;;;/h5H2,1-4H3;1-2H3;1-2H3;6*1H4. The van der Waals surface area contributed by atoms with Crippen molar-refractivity contribution < 1.29 is 14.3 Å². The first-order valence-corrected chi connectivity index (χ1v) is 4.55. The molecule has 0 aromatic heterocycles. The molecule has 0 bridgehead atoms. The van der Waals surface area contributed by atoms with Crippen LogP contribution in [0.4, 0.5) is 0 Å². The monoisotopic (exact) mass is 318 g/mol. The van der Waals surface area contributed by atoms with Gasteiger partial charge in [-0.3, -0.25) is 14.6 Å². The van der Waals surface area contributed by atoms with Crippen LogP contribution in [-0.2, 0) is 14.3 Å². The number of carbonyl (C=O) groups excluding carboxylic acids is 1. The van der Waals surface area contributed by atoms with Crippen LogP contribution in [0.1, 0.15) is 51.5 Å². The highest BCUT2D eigenvalue weighted by molar-refractivity contribution is 5.65. The minimum atomic E-state index is -0.245. The molecule has 0 aliphatic heterocycles. The molecule has 0 spiro atoms. The van der Waals surface area contributed by atoms with Gasteiger partial charge in [-0.25, -0.2) is 0 Å². The van der Waals surface area contributed by atoms with Gasteiger partial charge in [0.2, 0.25) is 0 Å². The topological polar surface area (TPSA) is 42.0 Å². The third-order valence-electron chi connectivity index (χ3n) is 0.853. The van der Waals surface area contributed by atoms with Gasteiger partial charge in [0, 0.05) is 27.8 Å². The first-order chi connectivity index (χ1) is 6.81. The molecule has 0 aliphatic carbocycles.